The summed E-state index contributed by atoms with van der Waals surface area (Å²) < 4.78 is 1.95. The van der Waals surface area contributed by atoms with Gasteiger partial charge in [-0.05, 0) is 39.4 Å². The van der Waals surface area contributed by atoms with Gasteiger partial charge in [0, 0.05) is 44.0 Å². The molecule has 0 amide bonds. The van der Waals surface area contributed by atoms with Crippen molar-refractivity contribution in [2.45, 2.75) is 31.2 Å². The summed E-state index contributed by atoms with van der Waals surface area (Å²) in [5, 5.41) is 7.77. The van der Waals surface area contributed by atoms with Crippen LogP contribution in [0.1, 0.15) is 25.0 Å². The standard InChI is InChI=1S/C13H24N4/c1-16(2)13(7-4-8-13)11-14-9-5-12-6-10-15-17(12)3/h6,10,14H,4-5,7-9,11H2,1-3H3. The quantitative estimate of drug-likeness (QED) is 0.749. The Morgan fingerprint density at radius 2 is 2.24 bits per heavy atom. The predicted octanol–water partition coefficient (Wildman–Crippen LogP) is 1.04. The Hall–Kier alpha value is -0.870. The van der Waals surface area contributed by atoms with Crippen LogP contribution in [0.5, 0.6) is 0 Å². The van der Waals surface area contributed by atoms with Gasteiger partial charge in [-0.3, -0.25) is 4.68 Å². The molecule has 1 fully saturated rings. The lowest BCUT2D eigenvalue weighted by atomic mass is 9.75. The average Bonchev–Trinajstić information content (AvgIpc) is 2.61. The second-order valence-corrected chi connectivity index (χ2v) is 5.35. The Kier molecular flexibility index (Phi) is 3.84. The van der Waals surface area contributed by atoms with Crippen molar-refractivity contribution in [3.8, 4) is 0 Å². The Labute approximate surface area is 104 Å². The van der Waals surface area contributed by atoms with Crippen molar-refractivity contribution in [3.05, 3.63) is 18.0 Å². The van der Waals surface area contributed by atoms with E-state index in [1.54, 1.807) is 0 Å². The minimum absolute atomic E-state index is 0.423. The van der Waals surface area contributed by atoms with Crippen LogP contribution in [0.25, 0.3) is 0 Å². The van der Waals surface area contributed by atoms with E-state index in [9.17, 15) is 0 Å². The molecular weight excluding hydrogens is 212 g/mol. The van der Waals surface area contributed by atoms with Crippen molar-refractivity contribution in [2.75, 3.05) is 27.2 Å². The van der Waals surface area contributed by atoms with Gasteiger partial charge in [0.1, 0.15) is 0 Å². The minimum atomic E-state index is 0.423. The van der Waals surface area contributed by atoms with Gasteiger partial charge >= 0.3 is 0 Å². The van der Waals surface area contributed by atoms with E-state index in [-0.39, 0.29) is 0 Å². The van der Waals surface area contributed by atoms with Gasteiger partial charge < -0.3 is 10.2 Å². The highest BCUT2D eigenvalue weighted by Gasteiger charge is 2.38. The van der Waals surface area contributed by atoms with E-state index in [0.29, 0.717) is 5.54 Å². The first-order chi connectivity index (χ1) is 8.14. The molecule has 0 unspecified atom stereocenters. The molecule has 0 saturated heterocycles. The van der Waals surface area contributed by atoms with E-state index in [2.05, 4.69) is 35.5 Å². The van der Waals surface area contributed by atoms with Gasteiger partial charge in [-0.25, -0.2) is 0 Å². The molecule has 96 valence electrons. The molecule has 1 N–H and O–H groups in total. The number of hydrogen-bond donors (Lipinski definition) is 1. The number of nitrogens with one attached hydrogen (secondary N) is 1. The fraction of sp³-hybridized carbons (Fsp3) is 0.769. The van der Waals surface area contributed by atoms with Crippen LogP contribution >= 0.6 is 0 Å². The first-order valence-corrected chi connectivity index (χ1v) is 6.49. The van der Waals surface area contributed by atoms with Crippen LogP contribution in [0.3, 0.4) is 0 Å². The summed E-state index contributed by atoms with van der Waals surface area (Å²) in [6, 6.07) is 2.09. The summed E-state index contributed by atoms with van der Waals surface area (Å²) in [4.78, 5) is 2.38. The summed E-state index contributed by atoms with van der Waals surface area (Å²) in [5.41, 5.74) is 1.72. The molecule has 0 atom stereocenters. The van der Waals surface area contributed by atoms with Gasteiger partial charge in [-0.15, -0.1) is 0 Å². The maximum Gasteiger partial charge on any atom is 0.0492 e. The molecule has 1 aromatic rings. The van der Waals surface area contributed by atoms with E-state index >= 15 is 0 Å². The van der Waals surface area contributed by atoms with E-state index in [1.807, 2.05) is 17.9 Å². The Balaban J connectivity index is 1.71. The summed E-state index contributed by atoms with van der Waals surface area (Å²) in [6.45, 7) is 2.15. The third-order valence-electron chi connectivity index (χ3n) is 4.17. The molecule has 0 aliphatic heterocycles. The van der Waals surface area contributed by atoms with Gasteiger partial charge in [-0.1, -0.05) is 0 Å². The molecule has 0 bridgehead atoms. The fourth-order valence-corrected chi connectivity index (χ4v) is 2.55. The maximum absolute atomic E-state index is 4.18. The molecule has 0 spiro atoms. The highest BCUT2D eigenvalue weighted by atomic mass is 15.3. The number of hydrogen-bond acceptors (Lipinski definition) is 3. The van der Waals surface area contributed by atoms with Gasteiger partial charge in [-0.2, -0.15) is 5.10 Å². The predicted molar refractivity (Wildman–Crippen MR) is 70.1 cm³/mol. The van der Waals surface area contributed by atoms with Crippen molar-refractivity contribution in [1.82, 2.24) is 20.0 Å². The number of aromatic nitrogens is 2. The van der Waals surface area contributed by atoms with E-state index in [0.717, 1.165) is 19.5 Å². The zero-order valence-corrected chi connectivity index (χ0v) is 11.2. The Morgan fingerprint density at radius 1 is 1.47 bits per heavy atom. The molecule has 1 aliphatic rings. The summed E-state index contributed by atoms with van der Waals surface area (Å²) >= 11 is 0. The molecule has 0 radical (unpaired) electrons. The summed E-state index contributed by atoms with van der Waals surface area (Å²) in [5.74, 6) is 0. The molecule has 1 aliphatic carbocycles. The van der Waals surface area contributed by atoms with Crippen LogP contribution in [-0.4, -0.2) is 47.4 Å². The average molecular weight is 236 g/mol. The molecule has 1 aromatic heterocycles. The molecule has 4 heteroatoms. The SMILES string of the molecule is CN(C)C1(CNCCc2ccnn2C)CCC1. The van der Waals surface area contributed by atoms with Gasteiger partial charge in [0.15, 0.2) is 0 Å². The molecule has 1 heterocycles. The van der Waals surface area contributed by atoms with Crippen molar-refractivity contribution < 1.29 is 0 Å². The third kappa shape index (κ3) is 2.69. The van der Waals surface area contributed by atoms with Crippen molar-refractivity contribution in [1.29, 1.82) is 0 Å². The highest BCUT2D eigenvalue weighted by Crippen LogP contribution is 2.35. The Bertz CT molecular complexity index is 352. The van der Waals surface area contributed by atoms with Crippen LogP contribution in [0.4, 0.5) is 0 Å². The molecule has 0 aromatic carbocycles. The molecular formula is C13H24N4. The van der Waals surface area contributed by atoms with Crippen LogP contribution in [-0.2, 0) is 13.5 Å². The van der Waals surface area contributed by atoms with E-state index in [1.165, 1.54) is 25.0 Å². The van der Waals surface area contributed by atoms with E-state index in [4.69, 9.17) is 0 Å². The topological polar surface area (TPSA) is 33.1 Å². The van der Waals surface area contributed by atoms with Crippen LogP contribution in [0, 0.1) is 0 Å². The van der Waals surface area contributed by atoms with Crippen LogP contribution in [0.2, 0.25) is 0 Å². The zero-order chi connectivity index (χ0) is 12.3. The number of aryl methyl sites for hydroxylation is 1. The molecule has 1 saturated carbocycles. The monoisotopic (exact) mass is 236 g/mol. The Morgan fingerprint density at radius 3 is 2.71 bits per heavy atom. The van der Waals surface area contributed by atoms with Gasteiger partial charge in [0.05, 0.1) is 0 Å². The van der Waals surface area contributed by atoms with Crippen molar-refractivity contribution in [3.63, 3.8) is 0 Å². The zero-order valence-electron chi connectivity index (χ0n) is 11.2. The molecule has 4 nitrogen and oxygen atoms in total. The number of nitrogens with zero attached hydrogens (tertiary/aromatic N) is 3. The van der Waals surface area contributed by atoms with E-state index < -0.39 is 0 Å². The smallest absolute Gasteiger partial charge is 0.0492 e. The normalized spacial score (nSPS) is 18.4. The van der Waals surface area contributed by atoms with Crippen molar-refractivity contribution >= 4 is 0 Å². The first kappa shape index (κ1) is 12.6. The number of likely N-dealkylation sites (N-methyl/N-ethyl adjacent to an activating group) is 1. The third-order valence-corrected chi connectivity index (χ3v) is 4.17. The highest BCUT2D eigenvalue weighted by molar-refractivity contribution is 5.01. The lowest BCUT2D eigenvalue weighted by Gasteiger charge is -2.47. The molecule has 2 rings (SSSR count). The van der Waals surface area contributed by atoms with Crippen LogP contribution in [0.15, 0.2) is 12.3 Å². The maximum atomic E-state index is 4.18. The first-order valence-electron chi connectivity index (χ1n) is 6.49. The van der Waals surface area contributed by atoms with Crippen molar-refractivity contribution in [2.24, 2.45) is 7.05 Å². The van der Waals surface area contributed by atoms with Gasteiger partial charge in [0.2, 0.25) is 0 Å². The second kappa shape index (κ2) is 5.19. The summed E-state index contributed by atoms with van der Waals surface area (Å²) in [7, 11) is 6.40. The van der Waals surface area contributed by atoms with Gasteiger partial charge in [0.25, 0.3) is 0 Å². The lowest BCUT2D eigenvalue weighted by Crippen LogP contribution is -2.56. The lowest BCUT2D eigenvalue weighted by molar-refractivity contribution is 0.0604. The largest absolute Gasteiger partial charge is 0.315 e. The number of rotatable bonds is 6. The minimum Gasteiger partial charge on any atom is -0.315 e. The molecule has 17 heavy (non-hydrogen) atoms. The fourth-order valence-electron chi connectivity index (χ4n) is 2.55. The van der Waals surface area contributed by atoms with Crippen LogP contribution < -0.4 is 5.32 Å². The second-order valence-electron chi connectivity index (χ2n) is 5.35. The summed E-state index contributed by atoms with van der Waals surface area (Å²) in [6.07, 6.45) is 6.96.